The number of oxime groups is 1. The molecule has 0 saturated carbocycles. The van der Waals surface area contributed by atoms with Crippen LogP contribution in [-0.2, 0) is 9.53 Å². The lowest BCUT2D eigenvalue weighted by Gasteiger charge is -2.30. The molecular formula is C8H15N3O3. The molecular weight excluding hydrogens is 186 g/mol. The van der Waals surface area contributed by atoms with Crippen molar-refractivity contribution in [3.63, 3.8) is 0 Å². The molecule has 0 unspecified atom stereocenters. The monoisotopic (exact) mass is 201 g/mol. The van der Waals surface area contributed by atoms with Crippen LogP contribution in [0, 0.1) is 5.92 Å². The summed E-state index contributed by atoms with van der Waals surface area (Å²) >= 11 is 0. The summed E-state index contributed by atoms with van der Waals surface area (Å²) in [6.07, 6.45) is 1.37. The van der Waals surface area contributed by atoms with Crippen molar-refractivity contribution in [3.8, 4) is 0 Å². The van der Waals surface area contributed by atoms with Gasteiger partial charge in [-0.1, -0.05) is 5.16 Å². The van der Waals surface area contributed by atoms with E-state index in [1.807, 2.05) is 0 Å². The first-order valence-electron chi connectivity index (χ1n) is 4.49. The topological polar surface area (TPSA) is 88.2 Å². The number of likely N-dealkylation sites (tertiary alicyclic amines) is 1. The number of piperidine rings is 1. The normalized spacial score (nSPS) is 19.5. The second-order valence-electron chi connectivity index (χ2n) is 3.24. The van der Waals surface area contributed by atoms with E-state index in [1.54, 1.807) is 4.90 Å². The fourth-order valence-electron chi connectivity index (χ4n) is 1.57. The first-order valence-corrected chi connectivity index (χ1v) is 4.49. The quantitative estimate of drug-likeness (QED) is 0.198. The summed E-state index contributed by atoms with van der Waals surface area (Å²) in [4.78, 5) is 12.9. The van der Waals surface area contributed by atoms with E-state index < -0.39 is 0 Å². The van der Waals surface area contributed by atoms with E-state index in [0.29, 0.717) is 25.9 Å². The summed E-state index contributed by atoms with van der Waals surface area (Å²) in [6, 6.07) is 0. The average molecular weight is 201 g/mol. The molecule has 1 rings (SSSR count). The third kappa shape index (κ3) is 2.27. The van der Waals surface area contributed by atoms with Gasteiger partial charge in [0, 0.05) is 13.1 Å². The SMILES string of the molecule is COC(=O)C1CCN(/C(N)=N/O)CC1. The Balaban J connectivity index is 2.42. The molecule has 6 heteroatoms. The van der Waals surface area contributed by atoms with Crippen LogP contribution in [0.5, 0.6) is 0 Å². The summed E-state index contributed by atoms with van der Waals surface area (Å²) < 4.78 is 4.64. The molecule has 14 heavy (non-hydrogen) atoms. The molecule has 0 aromatic rings. The molecule has 0 radical (unpaired) electrons. The van der Waals surface area contributed by atoms with E-state index in [1.165, 1.54) is 7.11 Å². The number of hydrogen-bond donors (Lipinski definition) is 2. The van der Waals surface area contributed by atoms with Gasteiger partial charge in [0.1, 0.15) is 0 Å². The maximum absolute atomic E-state index is 11.2. The largest absolute Gasteiger partial charge is 0.469 e. The number of carbonyl (C=O) groups is 1. The summed E-state index contributed by atoms with van der Waals surface area (Å²) in [7, 11) is 1.39. The molecule has 0 aromatic carbocycles. The molecule has 1 aliphatic heterocycles. The number of nitrogens with zero attached hydrogens (tertiary/aromatic N) is 2. The zero-order chi connectivity index (χ0) is 10.6. The summed E-state index contributed by atoms with van der Waals surface area (Å²) in [5.74, 6) is -0.125. The molecule has 1 heterocycles. The highest BCUT2D eigenvalue weighted by molar-refractivity contribution is 5.78. The molecule has 80 valence electrons. The smallest absolute Gasteiger partial charge is 0.308 e. The highest BCUT2D eigenvalue weighted by Crippen LogP contribution is 2.17. The molecule has 0 atom stereocenters. The van der Waals surface area contributed by atoms with E-state index in [4.69, 9.17) is 10.9 Å². The third-order valence-corrected chi connectivity index (χ3v) is 2.46. The second kappa shape index (κ2) is 4.69. The number of rotatable bonds is 1. The van der Waals surface area contributed by atoms with E-state index in [0.717, 1.165) is 0 Å². The predicted octanol–water partition coefficient (Wildman–Crippen LogP) is -0.425. The Morgan fingerprint density at radius 3 is 2.57 bits per heavy atom. The molecule has 0 spiro atoms. The van der Waals surface area contributed by atoms with Crippen LogP contribution in [0.4, 0.5) is 0 Å². The van der Waals surface area contributed by atoms with Gasteiger partial charge in [-0.3, -0.25) is 4.79 Å². The van der Waals surface area contributed by atoms with Gasteiger partial charge in [0.2, 0.25) is 5.96 Å². The van der Waals surface area contributed by atoms with Crippen LogP contribution >= 0.6 is 0 Å². The minimum absolute atomic E-state index is 0.0530. The maximum Gasteiger partial charge on any atom is 0.308 e. The Morgan fingerprint density at radius 1 is 1.57 bits per heavy atom. The van der Waals surface area contributed by atoms with Crippen molar-refractivity contribution >= 4 is 11.9 Å². The zero-order valence-corrected chi connectivity index (χ0v) is 8.14. The highest BCUT2D eigenvalue weighted by atomic mass is 16.5. The van der Waals surface area contributed by atoms with Gasteiger partial charge < -0.3 is 20.6 Å². The number of guanidine groups is 1. The first-order chi connectivity index (χ1) is 6.69. The molecule has 0 bridgehead atoms. The number of esters is 1. The highest BCUT2D eigenvalue weighted by Gasteiger charge is 2.26. The van der Waals surface area contributed by atoms with Crippen LogP contribution in [0.25, 0.3) is 0 Å². The van der Waals surface area contributed by atoms with Crippen molar-refractivity contribution in [1.82, 2.24) is 4.90 Å². The van der Waals surface area contributed by atoms with Crippen LogP contribution < -0.4 is 5.73 Å². The van der Waals surface area contributed by atoms with Gasteiger partial charge in [0.05, 0.1) is 13.0 Å². The van der Waals surface area contributed by atoms with Gasteiger partial charge in [0.15, 0.2) is 0 Å². The standard InChI is InChI=1S/C8H15N3O3/c1-14-7(12)6-2-4-11(5-3-6)8(9)10-13/h6,13H,2-5H2,1H3,(H2,9,10). The van der Waals surface area contributed by atoms with E-state index >= 15 is 0 Å². The van der Waals surface area contributed by atoms with E-state index in [-0.39, 0.29) is 17.8 Å². The van der Waals surface area contributed by atoms with Crippen molar-refractivity contribution in [2.75, 3.05) is 20.2 Å². The fourth-order valence-corrected chi connectivity index (χ4v) is 1.57. The van der Waals surface area contributed by atoms with Crippen molar-refractivity contribution in [1.29, 1.82) is 0 Å². The van der Waals surface area contributed by atoms with Crippen molar-refractivity contribution in [3.05, 3.63) is 0 Å². The lowest BCUT2D eigenvalue weighted by atomic mass is 9.97. The second-order valence-corrected chi connectivity index (χ2v) is 3.24. The lowest BCUT2D eigenvalue weighted by Crippen LogP contribution is -2.44. The van der Waals surface area contributed by atoms with Gasteiger partial charge in [-0.25, -0.2) is 0 Å². The fraction of sp³-hybridized carbons (Fsp3) is 0.750. The Kier molecular flexibility index (Phi) is 3.55. The number of methoxy groups -OCH3 is 1. The molecule has 1 saturated heterocycles. The molecule has 0 aliphatic carbocycles. The molecule has 6 nitrogen and oxygen atoms in total. The van der Waals surface area contributed by atoms with Crippen molar-refractivity contribution < 1.29 is 14.7 Å². The van der Waals surface area contributed by atoms with Crippen molar-refractivity contribution in [2.45, 2.75) is 12.8 Å². The number of ether oxygens (including phenoxy) is 1. The van der Waals surface area contributed by atoms with Crippen LogP contribution in [0.1, 0.15) is 12.8 Å². The minimum atomic E-state index is -0.177. The molecule has 1 aliphatic rings. The summed E-state index contributed by atoms with van der Waals surface area (Å²) in [6.45, 7) is 1.24. The number of hydrogen-bond acceptors (Lipinski definition) is 4. The Morgan fingerprint density at radius 2 is 2.14 bits per heavy atom. The van der Waals surface area contributed by atoms with E-state index in [9.17, 15) is 4.79 Å². The van der Waals surface area contributed by atoms with Gasteiger partial charge in [0.25, 0.3) is 0 Å². The van der Waals surface area contributed by atoms with Gasteiger partial charge in [-0.15, -0.1) is 0 Å². The molecule has 3 N–H and O–H groups in total. The van der Waals surface area contributed by atoms with Gasteiger partial charge in [-0.2, -0.15) is 0 Å². The van der Waals surface area contributed by atoms with Crippen LogP contribution in [0.3, 0.4) is 0 Å². The molecule has 0 aromatic heterocycles. The van der Waals surface area contributed by atoms with Crippen LogP contribution in [0.15, 0.2) is 5.16 Å². The molecule has 1 fully saturated rings. The van der Waals surface area contributed by atoms with Crippen LogP contribution in [0.2, 0.25) is 0 Å². The zero-order valence-electron chi connectivity index (χ0n) is 8.14. The minimum Gasteiger partial charge on any atom is -0.469 e. The summed E-state index contributed by atoms with van der Waals surface area (Å²) in [5, 5.41) is 11.3. The Bertz CT molecular complexity index is 234. The van der Waals surface area contributed by atoms with Crippen molar-refractivity contribution in [2.24, 2.45) is 16.8 Å². The average Bonchev–Trinajstić information content (AvgIpc) is 2.27. The third-order valence-electron chi connectivity index (χ3n) is 2.46. The van der Waals surface area contributed by atoms with E-state index in [2.05, 4.69) is 9.89 Å². The summed E-state index contributed by atoms with van der Waals surface area (Å²) in [5.41, 5.74) is 5.41. The first kappa shape index (κ1) is 10.6. The molecule has 0 amide bonds. The van der Waals surface area contributed by atoms with Gasteiger partial charge >= 0.3 is 5.97 Å². The number of nitrogens with two attached hydrogens (primary N) is 1. The number of carbonyl (C=O) groups excluding carboxylic acids is 1. The lowest BCUT2D eigenvalue weighted by molar-refractivity contribution is -0.146. The maximum atomic E-state index is 11.2. The Labute approximate surface area is 82.3 Å². The van der Waals surface area contributed by atoms with Gasteiger partial charge in [-0.05, 0) is 12.8 Å². The van der Waals surface area contributed by atoms with Crippen LogP contribution in [-0.4, -0.2) is 42.2 Å². The predicted molar refractivity (Wildman–Crippen MR) is 49.7 cm³/mol. The Hall–Kier alpha value is -1.46.